The molecule has 150 valence electrons. The number of rotatable bonds is 1. The minimum atomic E-state index is -1.47. The van der Waals surface area contributed by atoms with E-state index in [0.29, 0.717) is 12.3 Å². The van der Waals surface area contributed by atoms with Gasteiger partial charge in [0, 0.05) is 17.8 Å². The Hall–Kier alpha value is -3.20. The van der Waals surface area contributed by atoms with E-state index in [1.807, 2.05) is 32.0 Å². The Balaban J connectivity index is 1.69. The highest BCUT2D eigenvalue weighted by molar-refractivity contribution is 6.20. The first kappa shape index (κ1) is 17.9. The molecular formula is C20H20N4O5. The third-order valence-corrected chi connectivity index (χ3v) is 6.03. The summed E-state index contributed by atoms with van der Waals surface area (Å²) in [5, 5.41) is 4.57. The maximum atomic E-state index is 13.1. The van der Waals surface area contributed by atoms with E-state index in [-0.39, 0.29) is 18.6 Å². The molecule has 1 aromatic carbocycles. The van der Waals surface area contributed by atoms with Crippen molar-refractivity contribution in [1.82, 2.24) is 15.6 Å². The highest BCUT2D eigenvalue weighted by Crippen LogP contribution is 2.47. The van der Waals surface area contributed by atoms with Crippen LogP contribution in [0.2, 0.25) is 0 Å². The van der Waals surface area contributed by atoms with Crippen LogP contribution in [-0.2, 0) is 20.7 Å². The van der Waals surface area contributed by atoms with Gasteiger partial charge in [0.15, 0.2) is 17.6 Å². The van der Waals surface area contributed by atoms with E-state index in [1.165, 1.54) is 6.39 Å². The predicted molar refractivity (Wildman–Crippen MR) is 101 cm³/mol. The van der Waals surface area contributed by atoms with E-state index in [2.05, 4.69) is 20.5 Å². The average molecular weight is 396 g/mol. The van der Waals surface area contributed by atoms with E-state index in [0.717, 1.165) is 16.8 Å². The highest BCUT2D eigenvalue weighted by Gasteiger charge is 2.62. The van der Waals surface area contributed by atoms with Crippen molar-refractivity contribution in [3.05, 3.63) is 36.4 Å². The van der Waals surface area contributed by atoms with Crippen LogP contribution >= 0.6 is 0 Å². The van der Waals surface area contributed by atoms with E-state index in [9.17, 15) is 14.4 Å². The Labute approximate surface area is 166 Å². The Bertz CT molecular complexity index is 998. The topological polar surface area (TPSA) is 114 Å². The summed E-state index contributed by atoms with van der Waals surface area (Å²) in [6.07, 6.45) is 2.66. The average Bonchev–Trinajstić information content (AvgIpc) is 3.20. The number of imide groups is 2. The fourth-order valence-electron chi connectivity index (χ4n) is 4.96. The van der Waals surface area contributed by atoms with E-state index in [1.54, 1.807) is 6.20 Å². The zero-order valence-corrected chi connectivity index (χ0v) is 16.0. The summed E-state index contributed by atoms with van der Waals surface area (Å²) in [4.78, 5) is 43.9. The minimum Gasteiger partial charge on any atom is -0.444 e. The monoisotopic (exact) mass is 396 g/mol. The number of nitrogens with one attached hydrogen (secondary N) is 2. The molecule has 3 aliphatic rings. The molecule has 4 heterocycles. The molecule has 1 aromatic heterocycles. The van der Waals surface area contributed by atoms with Crippen LogP contribution in [0.5, 0.6) is 0 Å². The first-order chi connectivity index (χ1) is 13.9. The number of morpholine rings is 1. The number of amides is 4. The van der Waals surface area contributed by atoms with Crippen LogP contribution in [0, 0.1) is 5.41 Å². The third kappa shape index (κ3) is 2.50. The Morgan fingerprint density at radius 1 is 1.17 bits per heavy atom. The molecule has 9 nitrogen and oxygen atoms in total. The molecule has 2 aromatic rings. The number of hydrogen-bond donors (Lipinski definition) is 2. The Kier molecular flexibility index (Phi) is 3.79. The maximum absolute atomic E-state index is 13.1. The normalized spacial score (nSPS) is 27.9. The molecule has 1 spiro atoms. The molecule has 3 atom stereocenters. The number of barbiturate groups is 1. The van der Waals surface area contributed by atoms with E-state index >= 15 is 0 Å². The molecule has 9 heteroatoms. The van der Waals surface area contributed by atoms with Crippen molar-refractivity contribution in [2.75, 3.05) is 11.4 Å². The molecule has 0 saturated carbocycles. The smallest absolute Gasteiger partial charge is 0.328 e. The zero-order chi connectivity index (χ0) is 20.3. The van der Waals surface area contributed by atoms with Crippen LogP contribution in [0.3, 0.4) is 0 Å². The second-order valence-corrected chi connectivity index (χ2v) is 7.84. The first-order valence-corrected chi connectivity index (χ1v) is 9.51. The van der Waals surface area contributed by atoms with Crippen molar-refractivity contribution in [1.29, 1.82) is 0 Å². The molecular weight excluding hydrogens is 376 g/mol. The fraction of sp³-hybridized carbons (Fsp3) is 0.400. The van der Waals surface area contributed by atoms with E-state index < -0.39 is 29.3 Å². The number of urea groups is 1. The lowest BCUT2D eigenvalue weighted by atomic mass is 9.66. The van der Waals surface area contributed by atoms with Crippen molar-refractivity contribution in [2.24, 2.45) is 5.41 Å². The number of benzene rings is 1. The maximum Gasteiger partial charge on any atom is 0.328 e. The van der Waals surface area contributed by atoms with Gasteiger partial charge in [0.05, 0.1) is 24.4 Å². The number of anilines is 1. The van der Waals surface area contributed by atoms with Gasteiger partial charge in [-0.05, 0) is 44.0 Å². The second kappa shape index (κ2) is 6.15. The van der Waals surface area contributed by atoms with Crippen LogP contribution in [0.4, 0.5) is 10.5 Å². The molecule has 0 bridgehead atoms. The summed E-state index contributed by atoms with van der Waals surface area (Å²) in [6.45, 7) is 4.35. The van der Waals surface area contributed by atoms with Gasteiger partial charge >= 0.3 is 6.03 Å². The van der Waals surface area contributed by atoms with Crippen LogP contribution in [-0.4, -0.2) is 47.6 Å². The second-order valence-electron chi connectivity index (χ2n) is 7.84. The molecule has 2 N–H and O–H groups in total. The zero-order valence-electron chi connectivity index (χ0n) is 16.0. The molecule has 3 unspecified atom stereocenters. The number of oxazole rings is 1. The fourth-order valence-corrected chi connectivity index (χ4v) is 4.96. The molecule has 0 radical (unpaired) electrons. The summed E-state index contributed by atoms with van der Waals surface area (Å²) in [7, 11) is 0. The first-order valence-electron chi connectivity index (χ1n) is 9.51. The van der Waals surface area contributed by atoms with Gasteiger partial charge in [-0.15, -0.1) is 0 Å². The number of fused-ring (bicyclic) bond motifs is 4. The van der Waals surface area contributed by atoms with Crippen molar-refractivity contribution < 1.29 is 23.5 Å². The minimum absolute atomic E-state index is 0.0745. The highest BCUT2D eigenvalue weighted by atomic mass is 16.5. The number of nitrogens with zero attached hydrogens (tertiary/aromatic N) is 2. The van der Waals surface area contributed by atoms with Crippen molar-refractivity contribution >= 4 is 23.5 Å². The van der Waals surface area contributed by atoms with Gasteiger partial charge < -0.3 is 14.1 Å². The van der Waals surface area contributed by atoms with Crippen LogP contribution in [0.25, 0.3) is 11.3 Å². The van der Waals surface area contributed by atoms with Gasteiger partial charge in [-0.1, -0.05) is 0 Å². The van der Waals surface area contributed by atoms with Crippen molar-refractivity contribution in [2.45, 2.75) is 38.5 Å². The van der Waals surface area contributed by atoms with Gasteiger partial charge in [-0.2, -0.15) is 0 Å². The van der Waals surface area contributed by atoms with Gasteiger partial charge in [0.2, 0.25) is 11.8 Å². The van der Waals surface area contributed by atoms with Gasteiger partial charge in [0.25, 0.3) is 0 Å². The lowest BCUT2D eigenvalue weighted by Gasteiger charge is -2.55. The quantitative estimate of drug-likeness (QED) is 0.697. The summed E-state index contributed by atoms with van der Waals surface area (Å²) in [5.41, 5.74) is 1.11. The molecule has 2 fully saturated rings. The van der Waals surface area contributed by atoms with Crippen LogP contribution in [0.15, 0.2) is 35.2 Å². The summed E-state index contributed by atoms with van der Waals surface area (Å²) in [5.74, 6) is -0.593. The van der Waals surface area contributed by atoms with E-state index in [4.69, 9.17) is 9.15 Å². The van der Waals surface area contributed by atoms with Crippen molar-refractivity contribution in [3.8, 4) is 11.3 Å². The van der Waals surface area contributed by atoms with Gasteiger partial charge in [0.1, 0.15) is 0 Å². The lowest BCUT2D eigenvalue weighted by molar-refractivity contribution is -0.153. The number of ether oxygens (including phenoxy) is 1. The number of hydrogen-bond acceptors (Lipinski definition) is 7. The Morgan fingerprint density at radius 2 is 1.93 bits per heavy atom. The van der Waals surface area contributed by atoms with Crippen LogP contribution < -0.4 is 15.5 Å². The summed E-state index contributed by atoms with van der Waals surface area (Å²) < 4.78 is 11.4. The molecule has 0 aliphatic carbocycles. The standard InChI is InChI=1S/C20H20N4O5/c1-10-8-24-14-4-3-12(15-7-21-9-28-15)5-13(14)6-20(16(24)11(2)29-10)17(25)22-19(27)23-18(20)26/h3-5,7,9-11,16H,6,8H2,1-2H3,(H2,22,23,25,26,27). The Morgan fingerprint density at radius 3 is 2.62 bits per heavy atom. The molecule has 2 saturated heterocycles. The van der Waals surface area contributed by atoms with Crippen LogP contribution in [0.1, 0.15) is 19.4 Å². The molecule has 3 aliphatic heterocycles. The largest absolute Gasteiger partial charge is 0.444 e. The van der Waals surface area contributed by atoms with Gasteiger partial charge in [-0.25, -0.2) is 9.78 Å². The third-order valence-electron chi connectivity index (χ3n) is 6.03. The molecule has 29 heavy (non-hydrogen) atoms. The molecule has 4 amide bonds. The predicted octanol–water partition coefficient (Wildman–Crippen LogP) is 1.23. The summed E-state index contributed by atoms with van der Waals surface area (Å²) in [6, 6.07) is 4.49. The lowest BCUT2D eigenvalue weighted by Crippen LogP contribution is -2.75. The molecule has 5 rings (SSSR count). The van der Waals surface area contributed by atoms with Gasteiger partial charge in [-0.3, -0.25) is 20.2 Å². The number of aromatic nitrogens is 1. The summed E-state index contributed by atoms with van der Waals surface area (Å²) >= 11 is 0. The number of carbonyl (C=O) groups is 3. The number of carbonyl (C=O) groups excluding carboxylic acids is 3. The SMILES string of the molecule is CC1CN2c3ccc(-c4cnco4)cc3CC3(C(=O)NC(=O)NC3=O)C2C(C)O1. The van der Waals surface area contributed by atoms with Crippen molar-refractivity contribution in [3.63, 3.8) is 0 Å².